The van der Waals surface area contributed by atoms with Crippen LogP contribution >= 0.6 is 0 Å². The summed E-state index contributed by atoms with van der Waals surface area (Å²) in [7, 11) is 0. The zero-order valence-electron chi connectivity index (χ0n) is 11.2. The van der Waals surface area contributed by atoms with Crippen molar-refractivity contribution in [3.8, 4) is 0 Å². The van der Waals surface area contributed by atoms with Gasteiger partial charge in [-0.25, -0.2) is 0 Å². The van der Waals surface area contributed by atoms with Crippen LogP contribution in [0.4, 0.5) is 0 Å². The van der Waals surface area contributed by atoms with E-state index in [2.05, 4.69) is 26.5 Å². The second kappa shape index (κ2) is 4.58. The van der Waals surface area contributed by atoms with Crippen molar-refractivity contribution in [2.75, 3.05) is 0 Å². The molecule has 0 bridgehead atoms. The highest BCUT2D eigenvalue weighted by Crippen LogP contribution is 2.46. The molecule has 1 fully saturated rings. The monoisotopic (exact) mass is 236 g/mol. The summed E-state index contributed by atoms with van der Waals surface area (Å²) < 4.78 is 5.74. The van der Waals surface area contributed by atoms with Gasteiger partial charge in [-0.1, -0.05) is 23.8 Å². The van der Waals surface area contributed by atoms with Gasteiger partial charge >= 0.3 is 0 Å². The molecule has 1 aliphatic carbocycles. The molecule has 2 aliphatic rings. The van der Waals surface area contributed by atoms with Gasteiger partial charge in [-0.3, -0.25) is 0 Å². The fraction of sp³-hybridized carbons (Fsp3) is 0.733. The number of fused-ring (bicyclic) bond motifs is 1. The Kier molecular flexibility index (Phi) is 3.46. The third-order valence-electron chi connectivity index (χ3n) is 4.28. The van der Waals surface area contributed by atoms with Crippen molar-refractivity contribution < 1.29 is 9.84 Å². The number of aliphatic hydroxyl groups is 1. The van der Waals surface area contributed by atoms with Gasteiger partial charge in [0.05, 0.1) is 11.7 Å². The molecule has 17 heavy (non-hydrogen) atoms. The highest BCUT2D eigenvalue weighted by molar-refractivity contribution is 5.13. The molecule has 1 saturated heterocycles. The molecule has 0 saturated carbocycles. The Labute approximate surface area is 104 Å². The van der Waals surface area contributed by atoms with Gasteiger partial charge in [0, 0.05) is 5.92 Å². The fourth-order valence-corrected chi connectivity index (χ4v) is 2.90. The van der Waals surface area contributed by atoms with Crippen molar-refractivity contribution in [1.29, 1.82) is 0 Å². The highest BCUT2D eigenvalue weighted by Gasteiger charge is 2.56. The van der Waals surface area contributed by atoms with Crippen LogP contribution in [0.3, 0.4) is 0 Å². The first-order valence-corrected chi connectivity index (χ1v) is 6.61. The largest absolute Gasteiger partial charge is 0.390 e. The van der Waals surface area contributed by atoms with Gasteiger partial charge in [-0.15, -0.1) is 0 Å². The van der Waals surface area contributed by atoms with Crippen molar-refractivity contribution in [2.24, 2.45) is 5.92 Å². The summed E-state index contributed by atoms with van der Waals surface area (Å²) in [6, 6.07) is 0. The van der Waals surface area contributed by atoms with E-state index in [1.807, 2.05) is 6.92 Å². The number of ether oxygens (including phenoxy) is 1. The second-order valence-electron chi connectivity index (χ2n) is 5.92. The maximum Gasteiger partial charge on any atom is 0.113 e. The van der Waals surface area contributed by atoms with Crippen LogP contribution in [0.2, 0.25) is 0 Å². The lowest BCUT2D eigenvalue weighted by atomic mass is 9.83. The first-order chi connectivity index (χ1) is 7.94. The van der Waals surface area contributed by atoms with Crippen molar-refractivity contribution >= 4 is 0 Å². The molecule has 0 radical (unpaired) electrons. The van der Waals surface area contributed by atoms with Crippen LogP contribution in [0.15, 0.2) is 23.8 Å². The first kappa shape index (κ1) is 12.8. The molecule has 1 heterocycles. The molecular weight excluding hydrogens is 212 g/mol. The minimum absolute atomic E-state index is 0.0102. The zero-order chi connectivity index (χ0) is 12.6. The second-order valence-corrected chi connectivity index (χ2v) is 5.92. The van der Waals surface area contributed by atoms with E-state index in [9.17, 15) is 5.11 Å². The highest BCUT2D eigenvalue weighted by atomic mass is 16.6. The normalized spacial score (nSPS) is 45.4. The maximum absolute atomic E-state index is 10.4. The van der Waals surface area contributed by atoms with Gasteiger partial charge in [-0.2, -0.15) is 0 Å². The SMILES string of the molecule is C=C(C)[C@@H]1CC/C(C)=C/CC[C@]2(C)O[C@@H]2[C@@H]1O. The lowest BCUT2D eigenvalue weighted by Crippen LogP contribution is -2.31. The zero-order valence-corrected chi connectivity index (χ0v) is 11.2. The van der Waals surface area contributed by atoms with Crippen LogP contribution in [0.25, 0.3) is 0 Å². The van der Waals surface area contributed by atoms with E-state index in [1.54, 1.807) is 0 Å². The Morgan fingerprint density at radius 3 is 2.94 bits per heavy atom. The summed E-state index contributed by atoms with van der Waals surface area (Å²) in [5.41, 5.74) is 2.39. The van der Waals surface area contributed by atoms with Gasteiger partial charge < -0.3 is 9.84 Å². The number of epoxide rings is 1. The predicted octanol–water partition coefficient (Wildman–Crippen LogP) is 3.22. The van der Waals surface area contributed by atoms with Gasteiger partial charge in [-0.05, 0) is 46.5 Å². The third kappa shape index (κ3) is 2.63. The minimum atomic E-state index is -0.386. The number of rotatable bonds is 1. The third-order valence-corrected chi connectivity index (χ3v) is 4.28. The molecule has 0 amide bonds. The molecule has 0 spiro atoms. The number of hydrogen-bond donors (Lipinski definition) is 1. The molecule has 2 heteroatoms. The molecule has 1 N–H and O–H groups in total. The quantitative estimate of drug-likeness (QED) is 0.560. The molecule has 4 atom stereocenters. The summed E-state index contributed by atoms with van der Waals surface area (Å²) in [6.07, 6.45) is 6.04. The van der Waals surface area contributed by atoms with Crippen LogP contribution in [0, 0.1) is 5.92 Å². The molecule has 0 aromatic heterocycles. The molecule has 0 aromatic rings. The van der Waals surface area contributed by atoms with E-state index < -0.39 is 0 Å². The Morgan fingerprint density at radius 2 is 2.29 bits per heavy atom. The van der Waals surface area contributed by atoms with Crippen LogP contribution in [-0.2, 0) is 4.74 Å². The lowest BCUT2D eigenvalue weighted by Gasteiger charge is -2.24. The number of allylic oxidation sites excluding steroid dienone is 2. The van der Waals surface area contributed by atoms with Gasteiger partial charge in [0.15, 0.2) is 0 Å². The number of hydrogen-bond acceptors (Lipinski definition) is 2. The Balaban J connectivity index is 2.16. The molecule has 96 valence electrons. The van der Waals surface area contributed by atoms with Crippen LogP contribution in [-0.4, -0.2) is 22.9 Å². The smallest absolute Gasteiger partial charge is 0.113 e. The predicted molar refractivity (Wildman–Crippen MR) is 69.8 cm³/mol. The summed E-state index contributed by atoms with van der Waals surface area (Å²) in [5, 5.41) is 10.4. The minimum Gasteiger partial charge on any atom is -0.390 e. The Bertz CT molecular complexity index is 345. The summed E-state index contributed by atoms with van der Waals surface area (Å²) in [6.45, 7) is 10.3. The van der Waals surface area contributed by atoms with Gasteiger partial charge in [0.1, 0.15) is 6.10 Å². The van der Waals surface area contributed by atoms with Crippen LogP contribution in [0.5, 0.6) is 0 Å². The van der Waals surface area contributed by atoms with E-state index in [1.165, 1.54) is 5.57 Å². The molecule has 1 aliphatic heterocycles. The molecule has 2 nitrogen and oxygen atoms in total. The average molecular weight is 236 g/mol. The van der Waals surface area contributed by atoms with E-state index in [0.717, 1.165) is 31.3 Å². The first-order valence-electron chi connectivity index (χ1n) is 6.61. The fourth-order valence-electron chi connectivity index (χ4n) is 2.90. The van der Waals surface area contributed by atoms with Gasteiger partial charge in [0.2, 0.25) is 0 Å². The van der Waals surface area contributed by atoms with Gasteiger partial charge in [0.25, 0.3) is 0 Å². The van der Waals surface area contributed by atoms with Crippen molar-refractivity contribution in [3.05, 3.63) is 23.8 Å². The van der Waals surface area contributed by atoms with E-state index in [-0.39, 0.29) is 23.7 Å². The van der Waals surface area contributed by atoms with E-state index >= 15 is 0 Å². The van der Waals surface area contributed by atoms with Crippen molar-refractivity contribution in [3.63, 3.8) is 0 Å². The van der Waals surface area contributed by atoms with Crippen molar-refractivity contribution in [2.45, 2.75) is 64.3 Å². The maximum atomic E-state index is 10.4. The summed E-state index contributed by atoms with van der Waals surface area (Å²) >= 11 is 0. The summed E-state index contributed by atoms with van der Waals surface area (Å²) in [5.74, 6) is 0.170. The molecule has 2 rings (SSSR count). The average Bonchev–Trinajstić information content (AvgIpc) is 2.89. The van der Waals surface area contributed by atoms with Crippen LogP contribution < -0.4 is 0 Å². The molecular formula is C15H24O2. The van der Waals surface area contributed by atoms with Crippen LogP contribution in [0.1, 0.15) is 46.5 Å². The Hall–Kier alpha value is -0.600. The molecule has 0 aromatic carbocycles. The molecule has 0 unspecified atom stereocenters. The lowest BCUT2D eigenvalue weighted by molar-refractivity contribution is 0.0882. The topological polar surface area (TPSA) is 32.8 Å². The summed E-state index contributed by atoms with van der Waals surface area (Å²) in [4.78, 5) is 0. The van der Waals surface area contributed by atoms with E-state index in [4.69, 9.17) is 4.74 Å². The van der Waals surface area contributed by atoms with E-state index in [0.29, 0.717) is 0 Å². The standard InChI is InChI=1S/C15H24O2/c1-10(2)12-8-7-11(3)6-5-9-15(4)14(17-15)13(12)16/h6,12-14,16H,1,5,7-9H2,2-4H3/b11-6+/t12-,13+,14+,15-/m0/s1. The number of aliphatic hydroxyl groups excluding tert-OH is 1. The Morgan fingerprint density at radius 1 is 1.59 bits per heavy atom. The van der Waals surface area contributed by atoms with Crippen molar-refractivity contribution in [1.82, 2.24) is 0 Å².